The molecule has 0 radical (unpaired) electrons. The molecule has 3 aromatic rings. The minimum atomic E-state index is -1.45. The number of carbonyl (C=O) groups is 4. The number of phenolic OH excluding ortho intramolecular Hbond substituents is 1. The lowest BCUT2D eigenvalue weighted by molar-refractivity contribution is -0.138. The number of hydrogen-bond donors (Lipinski definition) is 3. The van der Waals surface area contributed by atoms with Crippen molar-refractivity contribution in [1.29, 1.82) is 0 Å². The van der Waals surface area contributed by atoms with E-state index in [2.05, 4.69) is 10.7 Å². The first-order valence-corrected chi connectivity index (χ1v) is 14.4. The first-order chi connectivity index (χ1) is 20.2. The minimum Gasteiger partial charge on any atom is -0.508 e. The van der Waals surface area contributed by atoms with E-state index in [0.29, 0.717) is 28.3 Å². The maximum absolute atomic E-state index is 14.9. The number of phenols is 1. The van der Waals surface area contributed by atoms with Gasteiger partial charge in [-0.15, -0.1) is 0 Å². The molecule has 7 rings (SSSR count). The molecule has 2 aliphatic heterocycles. The van der Waals surface area contributed by atoms with Crippen LogP contribution in [0.3, 0.4) is 0 Å². The van der Waals surface area contributed by atoms with Gasteiger partial charge in [-0.1, -0.05) is 71.3 Å². The fourth-order valence-corrected chi connectivity index (χ4v) is 7.94. The molecule has 4 aliphatic rings. The van der Waals surface area contributed by atoms with Crippen molar-refractivity contribution in [2.24, 2.45) is 23.7 Å². The van der Waals surface area contributed by atoms with Crippen molar-refractivity contribution in [2.75, 3.05) is 5.43 Å². The Labute approximate surface area is 247 Å². The maximum atomic E-state index is 14.9. The highest BCUT2D eigenvalue weighted by molar-refractivity contribution is 6.30. The molecule has 2 heterocycles. The number of nitrogens with one attached hydrogen (secondary N) is 2. The molecule has 3 fully saturated rings. The number of amides is 4. The highest BCUT2D eigenvalue weighted by atomic mass is 35.5. The predicted molar refractivity (Wildman–Crippen MR) is 155 cm³/mol. The lowest BCUT2D eigenvalue weighted by atomic mass is 9.49. The SMILES string of the molecule is Cc1ccc(NN2C(=O)C3CC4C(=CCC5C(=O)NC(=O)C54)C(c4cc(Cl)ccc4O)C3(c3ccccc3)C2=O)cc1. The molecule has 0 bridgehead atoms. The van der Waals surface area contributed by atoms with Crippen molar-refractivity contribution in [2.45, 2.75) is 31.1 Å². The van der Waals surface area contributed by atoms with Gasteiger partial charge in [-0.3, -0.25) is 29.9 Å². The second kappa shape index (κ2) is 9.56. The average molecular weight is 582 g/mol. The number of benzene rings is 3. The number of aromatic hydroxyl groups is 1. The molecule has 2 saturated heterocycles. The number of hydrogen-bond acceptors (Lipinski definition) is 6. The molecule has 2 aliphatic carbocycles. The first kappa shape index (κ1) is 26.5. The van der Waals surface area contributed by atoms with Gasteiger partial charge in [0.2, 0.25) is 11.8 Å². The van der Waals surface area contributed by atoms with Gasteiger partial charge in [0.1, 0.15) is 5.75 Å². The summed E-state index contributed by atoms with van der Waals surface area (Å²) in [4.78, 5) is 55.2. The monoisotopic (exact) mass is 581 g/mol. The number of imide groups is 2. The lowest BCUT2D eigenvalue weighted by Gasteiger charge is -2.50. The summed E-state index contributed by atoms with van der Waals surface area (Å²) < 4.78 is 0. The topological polar surface area (TPSA) is 116 Å². The van der Waals surface area contributed by atoms with Crippen LogP contribution in [0.4, 0.5) is 5.69 Å². The largest absolute Gasteiger partial charge is 0.508 e. The van der Waals surface area contributed by atoms with Crippen LogP contribution in [0.2, 0.25) is 5.02 Å². The summed E-state index contributed by atoms with van der Waals surface area (Å²) in [7, 11) is 0. The molecule has 6 atom stereocenters. The number of halogens is 1. The Kier molecular flexibility index (Phi) is 6.02. The summed E-state index contributed by atoms with van der Waals surface area (Å²) in [5.74, 6) is -5.06. The van der Waals surface area contributed by atoms with Crippen LogP contribution in [0, 0.1) is 30.6 Å². The van der Waals surface area contributed by atoms with E-state index in [-0.39, 0.29) is 24.0 Å². The van der Waals surface area contributed by atoms with Crippen LogP contribution in [-0.4, -0.2) is 33.7 Å². The Morgan fingerprint density at radius 3 is 2.43 bits per heavy atom. The molecule has 8 nitrogen and oxygen atoms in total. The normalized spacial score (nSPS) is 29.9. The molecule has 3 N–H and O–H groups in total. The van der Waals surface area contributed by atoms with Crippen LogP contribution in [0.15, 0.2) is 84.4 Å². The standard InChI is InChI=1S/C33H28ClN3O5/c1-17-7-10-20(11-8-17)36-37-31(41)25-16-23-21(12-13-22-27(23)30(40)35-29(22)39)28(24-15-19(34)9-14-26(24)38)33(25,32(37)42)18-5-3-2-4-6-18/h2-12,14-15,22-23,25,27-28,36,38H,13,16H2,1H3,(H,35,39,40). The molecule has 0 aromatic heterocycles. The number of fused-ring (bicyclic) bond motifs is 4. The molecule has 1 saturated carbocycles. The average Bonchev–Trinajstić information content (AvgIpc) is 3.40. The molecule has 9 heteroatoms. The third-order valence-corrected chi connectivity index (χ3v) is 9.77. The van der Waals surface area contributed by atoms with Crippen LogP contribution in [0.1, 0.15) is 35.4 Å². The number of aryl methyl sites for hydroxylation is 1. The maximum Gasteiger partial charge on any atom is 0.260 e. The molecular weight excluding hydrogens is 554 g/mol. The van der Waals surface area contributed by atoms with Crippen molar-refractivity contribution in [3.8, 4) is 5.75 Å². The van der Waals surface area contributed by atoms with E-state index in [1.54, 1.807) is 24.3 Å². The molecule has 0 spiro atoms. The van der Waals surface area contributed by atoms with Crippen LogP contribution < -0.4 is 10.7 Å². The summed E-state index contributed by atoms with van der Waals surface area (Å²) in [6.45, 7) is 1.95. The van der Waals surface area contributed by atoms with Gasteiger partial charge in [-0.25, -0.2) is 0 Å². The van der Waals surface area contributed by atoms with Gasteiger partial charge in [0.15, 0.2) is 0 Å². The Morgan fingerprint density at radius 2 is 1.69 bits per heavy atom. The van der Waals surface area contributed by atoms with Crippen LogP contribution in [-0.2, 0) is 24.6 Å². The second-order valence-corrected chi connectivity index (χ2v) is 12.1. The van der Waals surface area contributed by atoms with E-state index in [9.17, 15) is 24.3 Å². The molecule has 212 valence electrons. The van der Waals surface area contributed by atoms with Crippen LogP contribution >= 0.6 is 11.6 Å². The van der Waals surface area contributed by atoms with E-state index in [1.165, 1.54) is 6.07 Å². The van der Waals surface area contributed by atoms with Gasteiger partial charge in [-0.05, 0) is 61.6 Å². The Balaban J connectivity index is 1.48. The number of allylic oxidation sites excluding steroid dienone is 2. The number of rotatable bonds is 4. The van der Waals surface area contributed by atoms with Crippen molar-refractivity contribution >= 4 is 40.9 Å². The second-order valence-electron chi connectivity index (χ2n) is 11.6. The van der Waals surface area contributed by atoms with E-state index < -0.39 is 46.8 Å². The van der Waals surface area contributed by atoms with Gasteiger partial charge in [-0.2, -0.15) is 5.01 Å². The summed E-state index contributed by atoms with van der Waals surface area (Å²) in [5, 5.41) is 15.2. The zero-order chi connectivity index (χ0) is 29.3. The van der Waals surface area contributed by atoms with Gasteiger partial charge in [0.05, 0.1) is 28.9 Å². The molecule has 4 amide bonds. The minimum absolute atomic E-state index is 0.0701. The third kappa shape index (κ3) is 3.67. The number of anilines is 1. The van der Waals surface area contributed by atoms with Crippen molar-refractivity contribution < 1.29 is 24.3 Å². The fraction of sp³-hybridized carbons (Fsp3) is 0.273. The molecule has 42 heavy (non-hydrogen) atoms. The first-order valence-electron chi connectivity index (χ1n) is 14.0. The quantitative estimate of drug-likeness (QED) is 0.306. The van der Waals surface area contributed by atoms with Gasteiger partial charge < -0.3 is 5.11 Å². The van der Waals surface area contributed by atoms with Crippen molar-refractivity contribution in [3.05, 3.63) is 106 Å². The highest BCUT2D eigenvalue weighted by Crippen LogP contribution is 2.64. The summed E-state index contributed by atoms with van der Waals surface area (Å²) in [6, 6.07) is 21.2. The molecular formula is C33H28ClN3O5. The van der Waals surface area contributed by atoms with Crippen LogP contribution in [0.25, 0.3) is 0 Å². The van der Waals surface area contributed by atoms with Gasteiger partial charge in [0.25, 0.3) is 11.8 Å². The van der Waals surface area contributed by atoms with E-state index in [1.807, 2.05) is 55.5 Å². The zero-order valence-corrected chi connectivity index (χ0v) is 23.5. The zero-order valence-electron chi connectivity index (χ0n) is 22.7. The van der Waals surface area contributed by atoms with Crippen molar-refractivity contribution in [3.63, 3.8) is 0 Å². The van der Waals surface area contributed by atoms with E-state index in [4.69, 9.17) is 11.6 Å². The summed E-state index contributed by atoms with van der Waals surface area (Å²) >= 11 is 6.48. The Bertz CT molecular complexity index is 1690. The number of carbonyl (C=O) groups excluding carboxylic acids is 4. The molecule has 6 unspecified atom stereocenters. The number of nitrogens with zero attached hydrogens (tertiary/aromatic N) is 1. The van der Waals surface area contributed by atoms with E-state index in [0.717, 1.165) is 16.1 Å². The van der Waals surface area contributed by atoms with Crippen molar-refractivity contribution in [1.82, 2.24) is 10.3 Å². The highest BCUT2D eigenvalue weighted by Gasteiger charge is 2.70. The van der Waals surface area contributed by atoms with Gasteiger partial charge >= 0.3 is 0 Å². The Morgan fingerprint density at radius 1 is 0.952 bits per heavy atom. The predicted octanol–water partition coefficient (Wildman–Crippen LogP) is 4.63. The van der Waals surface area contributed by atoms with Gasteiger partial charge in [0, 0.05) is 16.5 Å². The Hall–Kier alpha value is -4.43. The van der Waals surface area contributed by atoms with Crippen LogP contribution in [0.5, 0.6) is 5.75 Å². The number of hydrazine groups is 1. The smallest absolute Gasteiger partial charge is 0.260 e. The summed E-state index contributed by atoms with van der Waals surface area (Å²) in [6.07, 6.45) is 2.44. The third-order valence-electron chi connectivity index (χ3n) is 9.54. The fourth-order valence-electron chi connectivity index (χ4n) is 7.76. The lowest BCUT2D eigenvalue weighted by Crippen LogP contribution is -2.53. The van der Waals surface area contributed by atoms with E-state index >= 15 is 0 Å². The molecule has 3 aromatic carbocycles. The summed E-state index contributed by atoms with van der Waals surface area (Å²) in [5.41, 5.74) is 4.98.